The van der Waals surface area contributed by atoms with Crippen LogP contribution < -0.4 is 5.32 Å². The van der Waals surface area contributed by atoms with Crippen LogP contribution in [0.1, 0.15) is 19.4 Å². The SMILES string of the molecule is CCc1ccccc1NC(=O)CN1CCN(C(=O)CN2CCN(C(C)=O)CC2)CC1. The molecule has 0 aromatic heterocycles. The van der Waals surface area contributed by atoms with Gasteiger partial charge in [0.15, 0.2) is 0 Å². The lowest BCUT2D eigenvalue weighted by Crippen LogP contribution is -2.54. The maximum atomic E-state index is 12.6. The van der Waals surface area contributed by atoms with Gasteiger partial charge in [-0.05, 0) is 18.1 Å². The Hall–Kier alpha value is -2.45. The molecule has 1 aromatic carbocycles. The normalized spacial score (nSPS) is 18.3. The number of hydrogen-bond acceptors (Lipinski definition) is 5. The van der Waals surface area contributed by atoms with Crippen LogP contribution in [0.5, 0.6) is 0 Å². The maximum Gasteiger partial charge on any atom is 0.238 e. The van der Waals surface area contributed by atoms with E-state index in [0.29, 0.717) is 52.4 Å². The lowest BCUT2D eigenvalue weighted by molar-refractivity contribution is -0.135. The summed E-state index contributed by atoms with van der Waals surface area (Å²) in [5.41, 5.74) is 2.01. The van der Waals surface area contributed by atoms with Crippen LogP contribution in [-0.4, -0.2) is 103 Å². The first kappa shape index (κ1) is 22.2. The number of hydrogen-bond donors (Lipinski definition) is 1. The zero-order valence-corrected chi connectivity index (χ0v) is 18.1. The summed E-state index contributed by atoms with van der Waals surface area (Å²) >= 11 is 0. The zero-order chi connectivity index (χ0) is 21.5. The molecule has 0 atom stereocenters. The van der Waals surface area contributed by atoms with Crippen LogP contribution in [0.4, 0.5) is 5.69 Å². The number of nitrogens with one attached hydrogen (secondary N) is 1. The van der Waals surface area contributed by atoms with Gasteiger partial charge in [0.25, 0.3) is 0 Å². The monoisotopic (exact) mass is 415 g/mol. The van der Waals surface area contributed by atoms with E-state index in [0.717, 1.165) is 30.8 Å². The van der Waals surface area contributed by atoms with E-state index in [-0.39, 0.29) is 17.7 Å². The van der Waals surface area contributed by atoms with Crippen LogP contribution in [0, 0.1) is 0 Å². The summed E-state index contributed by atoms with van der Waals surface area (Å²) < 4.78 is 0. The molecule has 3 rings (SSSR count). The molecule has 8 heteroatoms. The number of aryl methyl sites for hydroxylation is 1. The third kappa shape index (κ3) is 6.03. The standard InChI is InChI=1S/C22H33N5O3/c1-3-19-6-4-5-7-20(19)23-21(29)16-24-10-14-27(15-11-24)22(30)17-25-8-12-26(13-9-25)18(2)28/h4-7H,3,8-17H2,1-2H3,(H,23,29). The number of para-hydroxylation sites is 1. The molecule has 0 spiro atoms. The molecule has 0 unspecified atom stereocenters. The highest BCUT2D eigenvalue weighted by Gasteiger charge is 2.26. The molecule has 30 heavy (non-hydrogen) atoms. The number of nitrogens with zero attached hydrogens (tertiary/aromatic N) is 4. The summed E-state index contributed by atoms with van der Waals surface area (Å²) in [6, 6.07) is 7.87. The van der Waals surface area contributed by atoms with E-state index in [9.17, 15) is 14.4 Å². The van der Waals surface area contributed by atoms with E-state index < -0.39 is 0 Å². The maximum absolute atomic E-state index is 12.6. The highest BCUT2D eigenvalue weighted by atomic mass is 16.2. The van der Waals surface area contributed by atoms with Gasteiger partial charge in [-0.1, -0.05) is 25.1 Å². The largest absolute Gasteiger partial charge is 0.340 e. The van der Waals surface area contributed by atoms with Crippen molar-refractivity contribution < 1.29 is 14.4 Å². The lowest BCUT2D eigenvalue weighted by atomic mass is 10.1. The second kappa shape index (κ2) is 10.5. The molecule has 0 radical (unpaired) electrons. The van der Waals surface area contributed by atoms with Gasteiger partial charge in [0.05, 0.1) is 13.1 Å². The summed E-state index contributed by atoms with van der Waals surface area (Å²) in [6.07, 6.45) is 0.876. The predicted molar refractivity (Wildman–Crippen MR) is 116 cm³/mol. The number of benzene rings is 1. The van der Waals surface area contributed by atoms with E-state index in [4.69, 9.17) is 0 Å². The molecular weight excluding hydrogens is 382 g/mol. The Balaban J connectivity index is 1.38. The van der Waals surface area contributed by atoms with Crippen molar-refractivity contribution in [2.75, 3.05) is 70.8 Å². The van der Waals surface area contributed by atoms with Crippen LogP contribution in [0.3, 0.4) is 0 Å². The van der Waals surface area contributed by atoms with Crippen molar-refractivity contribution in [3.63, 3.8) is 0 Å². The number of anilines is 1. The summed E-state index contributed by atoms with van der Waals surface area (Å²) in [5, 5.41) is 3.01. The van der Waals surface area contributed by atoms with Gasteiger partial charge in [0, 0.05) is 65.0 Å². The Kier molecular flexibility index (Phi) is 7.81. The molecule has 2 heterocycles. The van der Waals surface area contributed by atoms with Crippen molar-refractivity contribution in [1.82, 2.24) is 19.6 Å². The van der Waals surface area contributed by atoms with Gasteiger partial charge >= 0.3 is 0 Å². The second-order valence-corrected chi connectivity index (χ2v) is 8.00. The molecule has 3 amide bonds. The third-order valence-corrected chi connectivity index (χ3v) is 5.94. The zero-order valence-electron chi connectivity index (χ0n) is 18.1. The van der Waals surface area contributed by atoms with Crippen molar-refractivity contribution >= 4 is 23.4 Å². The second-order valence-electron chi connectivity index (χ2n) is 8.00. The molecule has 1 N–H and O–H groups in total. The van der Waals surface area contributed by atoms with Crippen molar-refractivity contribution in [3.05, 3.63) is 29.8 Å². The fraction of sp³-hybridized carbons (Fsp3) is 0.591. The lowest BCUT2D eigenvalue weighted by Gasteiger charge is -2.37. The van der Waals surface area contributed by atoms with Gasteiger partial charge < -0.3 is 15.1 Å². The van der Waals surface area contributed by atoms with Gasteiger partial charge in [-0.2, -0.15) is 0 Å². The highest BCUT2D eigenvalue weighted by molar-refractivity contribution is 5.93. The number of piperazine rings is 2. The molecule has 2 aliphatic heterocycles. The Labute approximate surface area is 178 Å². The van der Waals surface area contributed by atoms with Crippen molar-refractivity contribution in [2.45, 2.75) is 20.3 Å². The minimum absolute atomic E-state index is 0.0148. The summed E-state index contributed by atoms with van der Waals surface area (Å²) in [6.45, 7) is 9.95. The van der Waals surface area contributed by atoms with Crippen molar-refractivity contribution in [3.8, 4) is 0 Å². The fourth-order valence-electron chi connectivity index (χ4n) is 4.01. The molecule has 164 valence electrons. The molecule has 2 fully saturated rings. The molecule has 0 saturated carbocycles. The summed E-state index contributed by atoms with van der Waals surface area (Å²) in [4.78, 5) is 44.4. The third-order valence-electron chi connectivity index (χ3n) is 5.94. The van der Waals surface area contributed by atoms with Crippen LogP contribution in [0.15, 0.2) is 24.3 Å². The highest BCUT2D eigenvalue weighted by Crippen LogP contribution is 2.15. The number of rotatable bonds is 6. The van der Waals surface area contributed by atoms with Crippen molar-refractivity contribution in [2.24, 2.45) is 0 Å². The molecule has 2 aliphatic rings. The van der Waals surface area contributed by atoms with Gasteiger partial charge in [0.1, 0.15) is 0 Å². The average molecular weight is 416 g/mol. The van der Waals surface area contributed by atoms with Gasteiger partial charge in [-0.15, -0.1) is 0 Å². The Bertz CT molecular complexity index is 753. The Morgan fingerprint density at radius 3 is 2.00 bits per heavy atom. The fourth-order valence-corrected chi connectivity index (χ4v) is 4.01. The molecular formula is C22H33N5O3. The first-order valence-corrected chi connectivity index (χ1v) is 10.8. The van der Waals surface area contributed by atoms with Gasteiger partial charge in [-0.25, -0.2) is 0 Å². The van der Waals surface area contributed by atoms with Gasteiger partial charge in [-0.3, -0.25) is 24.2 Å². The molecule has 8 nitrogen and oxygen atoms in total. The van der Waals surface area contributed by atoms with E-state index in [1.165, 1.54) is 0 Å². The molecule has 0 bridgehead atoms. The number of amides is 3. The van der Waals surface area contributed by atoms with Crippen LogP contribution in [-0.2, 0) is 20.8 Å². The molecule has 0 aliphatic carbocycles. The topological polar surface area (TPSA) is 76.2 Å². The Morgan fingerprint density at radius 1 is 0.833 bits per heavy atom. The van der Waals surface area contributed by atoms with Crippen LogP contribution in [0.2, 0.25) is 0 Å². The minimum atomic E-state index is -0.0148. The molecule has 1 aromatic rings. The average Bonchev–Trinajstić information content (AvgIpc) is 2.75. The summed E-state index contributed by atoms with van der Waals surface area (Å²) in [7, 11) is 0. The van der Waals surface area contributed by atoms with E-state index in [1.807, 2.05) is 34.1 Å². The minimum Gasteiger partial charge on any atom is -0.340 e. The van der Waals surface area contributed by atoms with Crippen LogP contribution in [0.25, 0.3) is 0 Å². The van der Waals surface area contributed by atoms with Crippen molar-refractivity contribution in [1.29, 1.82) is 0 Å². The van der Waals surface area contributed by atoms with E-state index in [1.54, 1.807) is 6.92 Å². The quantitative estimate of drug-likeness (QED) is 0.732. The number of carbonyl (C=O) groups excluding carboxylic acids is 3. The first-order valence-electron chi connectivity index (χ1n) is 10.8. The van der Waals surface area contributed by atoms with Crippen LogP contribution >= 0.6 is 0 Å². The first-order chi connectivity index (χ1) is 14.5. The molecule has 2 saturated heterocycles. The smallest absolute Gasteiger partial charge is 0.238 e. The Morgan fingerprint density at radius 2 is 1.40 bits per heavy atom. The van der Waals surface area contributed by atoms with Gasteiger partial charge in [0.2, 0.25) is 17.7 Å². The predicted octanol–water partition coefficient (Wildman–Crippen LogP) is 0.496. The van der Waals surface area contributed by atoms with E-state index >= 15 is 0 Å². The number of carbonyl (C=O) groups is 3. The summed E-state index contributed by atoms with van der Waals surface area (Å²) in [5.74, 6) is 0.214. The van der Waals surface area contributed by atoms with E-state index in [2.05, 4.69) is 22.0 Å².